The van der Waals surface area contributed by atoms with Crippen LogP contribution in [0.4, 0.5) is 23.2 Å². The number of sulfone groups is 1. The molecule has 48 heavy (non-hydrogen) atoms. The number of rotatable bonds is 13. The predicted molar refractivity (Wildman–Crippen MR) is 164 cm³/mol. The third-order valence-electron chi connectivity index (χ3n) is 9.52. The minimum absolute atomic E-state index is 0.00933. The molecular weight excluding hydrogens is 660 g/mol. The summed E-state index contributed by atoms with van der Waals surface area (Å²) < 4.78 is 94.2. The van der Waals surface area contributed by atoms with Gasteiger partial charge < -0.3 is 24.8 Å². The maximum absolute atomic E-state index is 14.9. The van der Waals surface area contributed by atoms with Gasteiger partial charge in [-0.15, -0.1) is 0 Å². The molecule has 0 heterocycles. The van der Waals surface area contributed by atoms with Crippen molar-refractivity contribution < 1.29 is 54.6 Å². The fourth-order valence-electron chi connectivity index (χ4n) is 6.90. The first-order valence-corrected chi connectivity index (χ1v) is 17.4. The highest BCUT2D eigenvalue weighted by Crippen LogP contribution is 2.49. The van der Waals surface area contributed by atoms with Crippen molar-refractivity contribution in [3.63, 3.8) is 0 Å². The zero-order valence-corrected chi connectivity index (χ0v) is 27.3. The highest BCUT2D eigenvalue weighted by atomic mass is 32.2. The van der Waals surface area contributed by atoms with E-state index in [1.165, 1.54) is 19.2 Å². The van der Waals surface area contributed by atoms with Gasteiger partial charge in [-0.25, -0.2) is 12.8 Å². The van der Waals surface area contributed by atoms with Crippen LogP contribution >= 0.6 is 0 Å². The molecular formula is C33H38F4N2O8S. The lowest BCUT2D eigenvalue weighted by Gasteiger charge is -2.33. The summed E-state index contributed by atoms with van der Waals surface area (Å²) in [5.74, 6) is -3.57. The number of hydrogen-bond donors (Lipinski definition) is 2. The van der Waals surface area contributed by atoms with E-state index in [-0.39, 0.29) is 59.0 Å². The van der Waals surface area contributed by atoms with Gasteiger partial charge in [0.15, 0.2) is 11.6 Å². The summed E-state index contributed by atoms with van der Waals surface area (Å²) in [6, 6.07) is 5.53. The van der Waals surface area contributed by atoms with Gasteiger partial charge in [0.25, 0.3) is 15.7 Å². The molecule has 2 aromatic rings. The second-order valence-electron chi connectivity index (χ2n) is 12.7. The van der Waals surface area contributed by atoms with Gasteiger partial charge in [-0.3, -0.25) is 14.4 Å². The smallest absolute Gasteiger partial charge is 0.496 e. The van der Waals surface area contributed by atoms with E-state index in [0.29, 0.717) is 32.3 Å². The highest BCUT2D eigenvalue weighted by molar-refractivity contribution is 7.92. The zero-order chi connectivity index (χ0) is 34.8. The Morgan fingerprint density at radius 2 is 1.73 bits per heavy atom. The Kier molecular flexibility index (Phi) is 10.6. The Morgan fingerprint density at radius 1 is 1.00 bits per heavy atom. The fourth-order valence-corrected chi connectivity index (χ4v) is 7.71. The molecule has 2 N–H and O–H groups in total. The Bertz CT molecular complexity index is 1640. The lowest BCUT2D eigenvalue weighted by molar-refractivity contribution is -0.153. The summed E-state index contributed by atoms with van der Waals surface area (Å²) in [7, 11) is -4.35. The zero-order valence-electron chi connectivity index (χ0n) is 26.5. The van der Waals surface area contributed by atoms with Crippen LogP contribution in [0.25, 0.3) is 0 Å². The maximum Gasteiger partial charge on any atom is 0.501 e. The van der Waals surface area contributed by atoms with E-state index >= 15 is 0 Å². The molecule has 0 saturated heterocycles. The minimum Gasteiger partial charge on any atom is -0.496 e. The van der Waals surface area contributed by atoms with Crippen molar-refractivity contribution in [3.05, 3.63) is 47.8 Å². The molecule has 0 aliphatic heterocycles. The molecule has 3 aliphatic carbocycles. The lowest BCUT2D eigenvalue weighted by atomic mass is 9.75. The van der Waals surface area contributed by atoms with E-state index in [0.717, 1.165) is 43.5 Å². The Morgan fingerprint density at radius 3 is 2.42 bits per heavy atom. The SMILES string of the molecule is CCCCOC(=O)C1CC(COc2cc(C(=O)N[C@@H]3[C@@H]4CC[C@@H](C4)[C@@H]3C(=O)Nc3cccc(S(=O)(=O)C(F)(F)F)c3)c(OC)cc2F)C1. The number of methoxy groups -OCH3 is 1. The number of benzene rings is 2. The number of halogens is 4. The van der Waals surface area contributed by atoms with Crippen molar-refractivity contribution >= 4 is 33.3 Å². The number of nitrogens with one attached hydrogen (secondary N) is 2. The molecule has 2 amide bonds. The summed E-state index contributed by atoms with van der Waals surface area (Å²) in [6.45, 7) is 2.51. The van der Waals surface area contributed by atoms with Crippen LogP contribution < -0.4 is 20.1 Å². The van der Waals surface area contributed by atoms with Crippen molar-refractivity contribution in [2.45, 2.75) is 68.3 Å². The molecule has 15 heteroatoms. The molecule has 3 saturated carbocycles. The van der Waals surface area contributed by atoms with Gasteiger partial charge in [0.2, 0.25) is 5.91 Å². The molecule has 0 radical (unpaired) electrons. The quantitative estimate of drug-likeness (QED) is 0.155. The van der Waals surface area contributed by atoms with Gasteiger partial charge in [0, 0.05) is 17.8 Å². The molecule has 2 aromatic carbocycles. The van der Waals surface area contributed by atoms with E-state index in [1.807, 2.05) is 6.92 Å². The molecule has 4 atom stereocenters. The molecule has 3 aliphatic rings. The Hall–Kier alpha value is -3.88. The maximum atomic E-state index is 14.9. The molecule has 5 rings (SSSR count). The number of unbranched alkanes of at least 4 members (excludes halogenated alkanes) is 1. The van der Waals surface area contributed by atoms with Crippen molar-refractivity contribution in [2.75, 3.05) is 25.6 Å². The Balaban J connectivity index is 1.25. The molecule has 0 spiro atoms. The van der Waals surface area contributed by atoms with E-state index in [4.69, 9.17) is 14.2 Å². The minimum atomic E-state index is -5.63. The standard InChI is InChI=1S/C33H38F4N2O8S/c1-3-4-10-46-32(42)21-11-18(12-21)17-47-27-15-24(26(45-2)16-25(27)34)30(40)39-29-20-9-8-19(13-20)28(29)31(41)38-22-6-5-7-23(14-22)48(43,44)33(35,36)37/h5-7,14-16,18-21,28-29H,3-4,8-13,17H2,1-2H3,(H,38,41)(H,39,40)/t18?,19-,20+,21?,28-,29+/m0/s1. The first-order valence-electron chi connectivity index (χ1n) is 15.9. The monoisotopic (exact) mass is 698 g/mol. The van der Waals surface area contributed by atoms with Crippen LogP contribution in [-0.4, -0.2) is 58.1 Å². The van der Waals surface area contributed by atoms with Crippen LogP contribution in [0.2, 0.25) is 0 Å². The third-order valence-corrected chi connectivity index (χ3v) is 11.0. The second-order valence-corrected chi connectivity index (χ2v) is 14.6. The van der Waals surface area contributed by atoms with Crippen LogP contribution in [0.1, 0.15) is 62.2 Å². The van der Waals surface area contributed by atoms with Gasteiger partial charge in [-0.1, -0.05) is 19.4 Å². The fraction of sp³-hybridized carbons (Fsp3) is 0.545. The molecule has 0 aromatic heterocycles. The number of carbonyl (C=O) groups is 3. The largest absolute Gasteiger partial charge is 0.501 e. The van der Waals surface area contributed by atoms with Gasteiger partial charge in [-0.2, -0.15) is 13.2 Å². The summed E-state index contributed by atoms with van der Waals surface area (Å²) in [4.78, 5) is 38.2. The van der Waals surface area contributed by atoms with E-state index in [1.54, 1.807) is 0 Å². The van der Waals surface area contributed by atoms with E-state index in [2.05, 4.69) is 10.6 Å². The average Bonchev–Trinajstić information content (AvgIpc) is 3.62. The number of anilines is 1. The molecule has 2 bridgehead atoms. The van der Waals surface area contributed by atoms with Crippen LogP contribution in [-0.2, 0) is 24.2 Å². The van der Waals surface area contributed by atoms with Crippen LogP contribution in [0.15, 0.2) is 41.3 Å². The lowest BCUT2D eigenvalue weighted by Crippen LogP contribution is -2.48. The topological polar surface area (TPSA) is 137 Å². The van der Waals surface area contributed by atoms with Gasteiger partial charge in [0.1, 0.15) is 5.75 Å². The number of esters is 1. The van der Waals surface area contributed by atoms with Crippen LogP contribution in [0.3, 0.4) is 0 Å². The van der Waals surface area contributed by atoms with Crippen molar-refractivity contribution in [2.24, 2.45) is 29.6 Å². The van der Waals surface area contributed by atoms with E-state index < -0.39 is 49.8 Å². The van der Waals surface area contributed by atoms with Crippen LogP contribution in [0.5, 0.6) is 11.5 Å². The van der Waals surface area contributed by atoms with E-state index in [9.17, 15) is 40.4 Å². The van der Waals surface area contributed by atoms with Crippen molar-refractivity contribution in [1.82, 2.24) is 5.32 Å². The average molecular weight is 699 g/mol. The van der Waals surface area contributed by atoms with Gasteiger partial charge in [-0.05, 0) is 80.5 Å². The predicted octanol–water partition coefficient (Wildman–Crippen LogP) is 5.66. The number of carbonyl (C=O) groups excluding carboxylic acids is 3. The second kappa shape index (κ2) is 14.3. The summed E-state index contributed by atoms with van der Waals surface area (Å²) in [6.07, 6.45) is 4.88. The van der Waals surface area contributed by atoms with Crippen LogP contribution in [0, 0.1) is 35.4 Å². The van der Waals surface area contributed by atoms with Crippen molar-refractivity contribution in [3.8, 4) is 11.5 Å². The molecule has 3 fully saturated rings. The highest BCUT2D eigenvalue weighted by Gasteiger charge is 2.52. The number of ether oxygens (including phenoxy) is 3. The molecule has 262 valence electrons. The number of amides is 2. The first-order chi connectivity index (χ1) is 22.7. The summed E-state index contributed by atoms with van der Waals surface area (Å²) in [5.41, 5.74) is -5.66. The van der Waals surface area contributed by atoms with Gasteiger partial charge >= 0.3 is 11.5 Å². The normalized spacial score (nSPS) is 24.8. The number of fused-ring (bicyclic) bond motifs is 2. The Labute approximate surface area is 275 Å². The number of alkyl halides is 3. The van der Waals surface area contributed by atoms with Crippen molar-refractivity contribution in [1.29, 1.82) is 0 Å². The third kappa shape index (κ3) is 7.40. The molecule has 10 nitrogen and oxygen atoms in total. The van der Waals surface area contributed by atoms with Gasteiger partial charge in [0.05, 0.1) is 42.6 Å². The molecule has 0 unspecified atom stereocenters. The summed E-state index contributed by atoms with van der Waals surface area (Å²) >= 11 is 0. The number of hydrogen-bond acceptors (Lipinski definition) is 8. The first kappa shape index (κ1) is 35.4. The summed E-state index contributed by atoms with van der Waals surface area (Å²) in [5, 5.41) is 5.42.